The second-order valence-corrected chi connectivity index (χ2v) is 11.2. The molecule has 0 saturated heterocycles. The van der Waals surface area contributed by atoms with E-state index < -0.39 is 11.9 Å². The molecule has 220 valence electrons. The molecule has 3 N–H and O–H groups in total. The monoisotopic (exact) mass is 569 g/mol. The van der Waals surface area contributed by atoms with Crippen molar-refractivity contribution in [1.29, 1.82) is 0 Å². The van der Waals surface area contributed by atoms with Crippen LogP contribution in [0.15, 0.2) is 66.7 Å². The van der Waals surface area contributed by atoms with E-state index in [4.69, 9.17) is 4.74 Å². The predicted molar refractivity (Wildman–Crippen MR) is 161 cm³/mol. The average molecular weight is 570 g/mol. The summed E-state index contributed by atoms with van der Waals surface area (Å²) in [5.74, 6) is -0.220. The number of ether oxygens (including phenoxy) is 1. The summed E-state index contributed by atoms with van der Waals surface area (Å²) in [4.78, 5) is 39.3. The molecule has 0 spiro atoms. The van der Waals surface area contributed by atoms with Crippen LogP contribution >= 0.6 is 0 Å². The van der Waals surface area contributed by atoms with Gasteiger partial charge in [0.15, 0.2) is 0 Å². The number of carboxylic acid groups (broad SMARTS) is 1. The maximum atomic E-state index is 13.1. The van der Waals surface area contributed by atoms with Gasteiger partial charge in [-0.1, -0.05) is 61.5 Å². The lowest BCUT2D eigenvalue weighted by atomic mass is 9.87. The highest BCUT2D eigenvalue weighted by atomic mass is 16.5. The lowest BCUT2D eigenvalue weighted by molar-refractivity contribution is -0.142. The summed E-state index contributed by atoms with van der Waals surface area (Å²) < 4.78 is 5.46. The predicted octanol–water partition coefficient (Wildman–Crippen LogP) is 5.35. The van der Waals surface area contributed by atoms with Gasteiger partial charge in [-0.2, -0.15) is 0 Å². The van der Waals surface area contributed by atoms with E-state index >= 15 is 0 Å². The molecule has 3 aromatic carbocycles. The fourth-order valence-corrected chi connectivity index (χ4v) is 5.97. The Balaban J connectivity index is 1.32. The summed E-state index contributed by atoms with van der Waals surface area (Å²) >= 11 is 0. The number of carbonyl (C=O) groups is 3. The summed E-state index contributed by atoms with van der Waals surface area (Å²) in [5, 5.41) is 15.4. The molecule has 5 rings (SSSR count). The Bertz CT molecular complexity index is 1440. The second kappa shape index (κ2) is 13.1. The molecule has 2 aliphatic rings. The number of nitrogens with zero attached hydrogens (tertiary/aromatic N) is 1. The van der Waals surface area contributed by atoms with Gasteiger partial charge in [0.1, 0.15) is 5.75 Å². The van der Waals surface area contributed by atoms with E-state index in [9.17, 15) is 19.5 Å². The van der Waals surface area contributed by atoms with Crippen molar-refractivity contribution in [1.82, 2.24) is 15.5 Å². The number of carboxylic acids is 1. The van der Waals surface area contributed by atoms with Crippen molar-refractivity contribution < 1.29 is 24.2 Å². The van der Waals surface area contributed by atoms with E-state index in [0.29, 0.717) is 45.4 Å². The first-order chi connectivity index (χ1) is 20.4. The molecule has 0 radical (unpaired) electrons. The Morgan fingerprint density at radius 1 is 1.02 bits per heavy atom. The SMILES string of the molecule is CCC(CCNC(=O)N1CCc2c(-c3cccc(OC)c3)ccc(CNC(=O)C3CC3c3ccccc3)c2C1)C(=O)O. The van der Waals surface area contributed by atoms with Crippen molar-refractivity contribution in [2.75, 3.05) is 20.2 Å². The number of fused-ring (bicyclic) bond motifs is 1. The molecule has 8 heteroatoms. The van der Waals surface area contributed by atoms with Crippen molar-refractivity contribution in [2.24, 2.45) is 11.8 Å². The molecule has 1 saturated carbocycles. The molecule has 3 atom stereocenters. The summed E-state index contributed by atoms with van der Waals surface area (Å²) in [6.07, 6.45) is 2.45. The Kier molecular flexibility index (Phi) is 9.10. The molecule has 3 unspecified atom stereocenters. The van der Waals surface area contributed by atoms with Gasteiger partial charge in [-0.05, 0) is 77.1 Å². The standard InChI is InChI=1S/C34H39N3O5/c1-3-22(33(39)40)14-16-35-34(41)37-17-15-28-27(24-10-7-11-26(18-24)42-2)13-12-25(31(28)21-37)20-36-32(38)30-19-29(30)23-8-5-4-6-9-23/h4-13,18,22,29-30H,3,14-17,19-21H2,1-2H3,(H,35,41)(H,36,38)(H,39,40). The van der Waals surface area contributed by atoms with E-state index in [1.54, 1.807) is 12.0 Å². The lowest BCUT2D eigenvalue weighted by Crippen LogP contribution is -2.44. The third-order valence-corrected chi connectivity index (χ3v) is 8.60. The number of aliphatic carboxylic acids is 1. The zero-order valence-electron chi connectivity index (χ0n) is 24.3. The van der Waals surface area contributed by atoms with E-state index in [1.165, 1.54) is 11.1 Å². The number of urea groups is 1. The number of carbonyl (C=O) groups excluding carboxylic acids is 2. The molecular weight excluding hydrogens is 530 g/mol. The number of benzene rings is 3. The molecule has 1 aliphatic heterocycles. The van der Waals surface area contributed by atoms with Gasteiger partial charge in [-0.3, -0.25) is 9.59 Å². The number of hydrogen-bond acceptors (Lipinski definition) is 4. The molecule has 1 fully saturated rings. The van der Waals surface area contributed by atoms with Crippen LogP contribution in [0.4, 0.5) is 4.79 Å². The fraction of sp³-hybridized carbons (Fsp3) is 0.382. The summed E-state index contributed by atoms with van der Waals surface area (Å²) in [7, 11) is 1.65. The lowest BCUT2D eigenvalue weighted by Gasteiger charge is -2.32. The number of hydrogen-bond donors (Lipinski definition) is 3. The van der Waals surface area contributed by atoms with Crippen LogP contribution in [0.5, 0.6) is 5.75 Å². The van der Waals surface area contributed by atoms with Crippen LogP contribution in [0.2, 0.25) is 0 Å². The molecule has 3 aromatic rings. The van der Waals surface area contributed by atoms with Gasteiger partial charge in [-0.25, -0.2) is 4.79 Å². The Morgan fingerprint density at radius 2 is 1.83 bits per heavy atom. The van der Waals surface area contributed by atoms with Gasteiger partial charge in [0.05, 0.1) is 13.0 Å². The third-order valence-electron chi connectivity index (χ3n) is 8.60. The molecular formula is C34H39N3O5. The van der Waals surface area contributed by atoms with E-state index in [2.05, 4.69) is 41.0 Å². The van der Waals surface area contributed by atoms with Crippen LogP contribution in [0.3, 0.4) is 0 Å². The summed E-state index contributed by atoms with van der Waals surface area (Å²) in [6, 6.07) is 22.1. The highest BCUT2D eigenvalue weighted by molar-refractivity contribution is 5.83. The number of rotatable bonds is 11. The first-order valence-corrected chi connectivity index (χ1v) is 14.8. The smallest absolute Gasteiger partial charge is 0.317 e. The zero-order valence-corrected chi connectivity index (χ0v) is 24.3. The first kappa shape index (κ1) is 29.2. The third kappa shape index (κ3) is 6.59. The summed E-state index contributed by atoms with van der Waals surface area (Å²) in [6.45, 7) is 3.50. The molecule has 42 heavy (non-hydrogen) atoms. The minimum Gasteiger partial charge on any atom is -0.497 e. The Morgan fingerprint density at radius 3 is 2.57 bits per heavy atom. The quantitative estimate of drug-likeness (QED) is 0.289. The maximum absolute atomic E-state index is 13.1. The molecule has 1 heterocycles. The first-order valence-electron chi connectivity index (χ1n) is 14.8. The maximum Gasteiger partial charge on any atom is 0.317 e. The summed E-state index contributed by atoms with van der Waals surface area (Å²) in [5.41, 5.74) is 6.55. The topological polar surface area (TPSA) is 108 Å². The van der Waals surface area contributed by atoms with E-state index in [0.717, 1.165) is 34.4 Å². The van der Waals surface area contributed by atoms with Gasteiger partial charge in [0, 0.05) is 32.1 Å². The largest absolute Gasteiger partial charge is 0.497 e. The molecule has 1 aliphatic carbocycles. The molecule has 0 aromatic heterocycles. The average Bonchev–Trinajstić information content (AvgIpc) is 3.83. The van der Waals surface area contributed by atoms with Crippen molar-refractivity contribution in [2.45, 2.75) is 51.6 Å². The minimum absolute atomic E-state index is 0.0145. The number of nitrogens with one attached hydrogen (secondary N) is 2. The highest BCUT2D eigenvalue weighted by Crippen LogP contribution is 2.47. The Hall–Kier alpha value is -4.33. The molecule has 3 amide bonds. The van der Waals surface area contributed by atoms with Crippen LogP contribution in [0.1, 0.15) is 54.4 Å². The molecule has 8 nitrogen and oxygen atoms in total. The van der Waals surface area contributed by atoms with Crippen LogP contribution in [0, 0.1) is 11.8 Å². The second-order valence-electron chi connectivity index (χ2n) is 11.2. The van der Waals surface area contributed by atoms with Crippen molar-refractivity contribution in [3.63, 3.8) is 0 Å². The van der Waals surface area contributed by atoms with Crippen LogP contribution < -0.4 is 15.4 Å². The van der Waals surface area contributed by atoms with Crippen molar-refractivity contribution in [3.05, 3.63) is 89.0 Å². The van der Waals surface area contributed by atoms with Gasteiger partial charge in [0.25, 0.3) is 0 Å². The van der Waals surface area contributed by atoms with Crippen molar-refractivity contribution in [3.8, 4) is 16.9 Å². The van der Waals surface area contributed by atoms with Crippen LogP contribution in [-0.2, 0) is 29.1 Å². The van der Waals surface area contributed by atoms with Gasteiger partial charge < -0.3 is 25.4 Å². The highest BCUT2D eigenvalue weighted by Gasteiger charge is 2.43. The van der Waals surface area contributed by atoms with Gasteiger partial charge in [0.2, 0.25) is 5.91 Å². The van der Waals surface area contributed by atoms with E-state index in [1.807, 2.05) is 43.3 Å². The number of amides is 3. The number of methoxy groups -OCH3 is 1. The Labute approximate surface area is 247 Å². The zero-order chi connectivity index (χ0) is 29.6. The van der Waals surface area contributed by atoms with Gasteiger partial charge >= 0.3 is 12.0 Å². The van der Waals surface area contributed by atoms with E-state index in [-0.39, 0.29) is 23.8 Å². The fourth-order valence-electron chi connectivity index (χ4n) is 5.97. The van der Waals surface area contributed by atoms with Crippen molar-refractivity contribution >= 4 is 17.9 Å². The van der Waals surface area contributed by atoms with Crippen LogP contribution in [0.25, 0.3) is 11.1 Å². The molecule has 0 bridgehead atoms. The van der Waals surface area contributed by atoms with Crippen LogP contribution in [-0.4, -0.2) is 48.1 Å². The normalized spacial score (nSPS) is 18.0. The van der Waals surface area contributed by atoms with Gasteiger partial charge in [-0.15, -0.1) is 0 Å². The minimum atomic E-state index is -0.836.